The summed E-state index contributed by atoms with van der Waals surface area (Å²) < 4.78 is 0. The van der Waals surface area contributed by atoms with Crippen LogP contribution in [0, 0.1) is 0 Å². The Morgan fingerprint density at radius 1 is 1.75 bits per heavy atom. The molecule has 0 bridgehead atoms. The van der Waals surface area contributed by atoms with E-state index in [4.69, 9.17) is 10.8 Å². The molecule has 0 atom stereocenters. The number of rotatable bonds is 3. The average molecular weight is 185 g/mol. The summed E-state index contributed by atoms with van der Waals surface area (Å²) in [4.78, 5) is 11.8. The lowest BCUT2D eigenvalue weighted by atomic mass is 10.2. The highest BCUT2D eigenvalue weighted by Gasteiger charge is 2.10. The number of carboxylic acid groups (broad SMARTS) is 1. The van der Waals surface area contributed by atoms with E-state index in [0.717, 1.165) is 17.7 Å². The van der Waals surface area contributed by atoms with Gasteiger partial charge in [0.25, 0.3) is 0 Å². The fourth-order valence-electron chi connectivity index (χ4n) is 0.971. The van der Waals surface area contributed by atoms with Crippen molar-refractivity contribution in [2.24, 2.45) is 0 Å². The highest BCUT2D eigenvalue weighted by Crippen LogP contribution is 2.25. The molecule has 0 fully saturated rings. The van der Waals surface area contributed by atoms with Crippen molar-refractivity contribution < 1.29 is 9.90 Å². The third kappa shape index (κ3) is 1.76. The third-order valence-corrected chi connectivity index (χ3v) is 2.73. The van der Waals surface area contributed by atoms with Gasteiger partial charge >= 0.3 is 5.97 Å². The van der Waals surface area contributed by atoms with E-state index >= 15 is 0 Å². The molecule has 0 saturated carbocycles. The standard InChI is InChI=1S/C8H11NO2S/c1-2-3-6-5(9)4-7(12-6)8(10)11/h4H,2-3,9H2,1H3,(H,10,11). The minimum Gasteiger partial charge on any atom is -0.477 e. The molecule has 0 aliphatic rings. The highest BCUT2D eigenvalue weighted by molar-refractivity contribution is 7.14. The van der Waals surface area contributed by atoms with Gasteiger partial charge in [0, 0.05) is 10.6 Å². The summed E-state index contributed by atoms with van der Waals surface area (Å²) in [7, 11) is 0. The topological polar surface area (TPSA) is 63.3 Å². The third-order valence-electron chi connectivity index (χ3n) is 1.53. The fourth-order valence-corrected chi connectivity index (χ4v) is 1.99. The van der Waals surface area contributed by atoms with Crippen LogP contribution in [0.25, 0.3) is 0 Å². The number of anilines is 1. The lowest BCUT2D eigenvalue weighted by Gasteiger charge is -1.92. The Hall–Kier alpha value is -1.03. The van der Waals surface area contributed by atoms with Gasteiger partial charge in [0.2, 0.25) is 0 Å². The van der Waals surface area contributed by atoms with Crippen molar-refractivity contribution in [1.29, 1.82) is 0 Å². The minimum absolute atomic E-state index is 0.330. The minimum atomic E-state index is -0.894. The van der Waals surface area contributed by atoms with Crippen LogP contribution >= 0.6 is 11.3 Å². The SMILES string of the molecule is CCCc1sc(C(=O)O)cc1N. The summed E-state index contributed by atoms with van der Waals surface area (Å²) in [6.07, 6.45) is 1.85. The Kier molecular flexibility index (Phi) is 2.70. The molecule has 0 unspecified atom stereocenters. The number of aromatic carboxylic acids is 1. The van der Waals surface area contributed by atoms with Crippen molar-refractivity contribution in [3.05, 3.63) is 15.8 Å². The molecule has 0 spiro atoms. The van der Waals surface area contributed by atoms with E-state index < -0.39 is 5.97 Å². The van der Waals surface area contributed by atoms with Gasteiger partial charge in [-0.2, -0.15) is 0 Å². The first-order valence-electron chi connectivity index (χ1n) is 3.76. The molecule has 1 rings (SSSR count). The summed E-state index contributed by atoms with van der Waals surface area (Å²) >= 11 is 1.27. The predicted octanol–water partition coefficient (Wildman–Crippen LogP) is 1.98. The van der Waals surface area contributed by atoms with Crippen molar-refractivity contribution >= 4 is 23.0 Å². The maximum absolute atomic E-state index is 10.5. The molecule has 0 aliphatic carbocycles. The largest absolute Gasteiger partial charge is 0.477 e. The van der Waals surface area contributed by atoms with Crippen molar-refractivity contribution in [2.45, 2.75) is 19.8 Å². The second kappa shape index (κ2) is 3.58. The van der Waals surface area contributed by atoms with Gasteiger partial charge in [-0.1, -0.05) is 13.3 Å². The molecule has 1 heterocycles. The number of nitrogen functional groups attached to an aromatic ring is 1. The van der Waals surface area contributed by atoms with Gasteiger partial charge in [-0.15, -0.1) is 11.3 Å². The maximum atomic E-state index is 10.5. The van der Waals surface area contributed by atoms with Gasteiger partial charge < -0.3 is 10.8 Å². The maximum Gasteiger partial charge on any atom is 0.345 e. The fraction of sp³-hybridized carbons (Fsp3) is 0.375. The van der Waals surface area contributed by atoms with Crippen LogP contribution in [0.15, 0.2) is 6.07 Å². The molecule has 0 amide bonds. The molecule has 0 aromatic carbocycles. The van der Waals surface area contributed by atoms with Crippen LogP contribution in [0.3, 0.4) is 0 Å². The van der Waals surface area contributed by atoms with Crippen LogP contribution in [-0.4, -0.2) is 11.1 Å². The van der Waals surface area contributed by atoms with Crippen LogP contribution in [0.4, 0.5) is 5.69 Å². The average Bonchev–Trinajstić information content (AvgIpc) is 2.34. The molecular formula is C8H11NO2S. The Morgan fingerprint density at radius 3 is 2.83 bits per heavy atom. The van der Waals surface area contributed by atoms with E-state index in [1.807, 2.05) is 6.92 Å². The van der Waals surface area contributed by atoms with Crippen LogP contribution in [0.1, 0.15) is 27.9 Å². The molecule has 12 heavy (non-hydrogen) atoms. The first-order chi connectivity index (χ1) is 5.65. The van der Waals surface area contributed by atoms with Crippen LogP contribution in [0.2, 0.25) is 0 Å². The highest BCUT2D eigenvalue weighted by atomic mass is 32.1. The van der Waals surface area contributed by atoms with Crippen molar-refractivity contribution in [2.75, 3.05) is 5.73 Å². The number of carbonyl (C=O) groups is 1. The number of hydrogen-bond donors (Lipinski definition) is 2. The van der Waals surface area contributed by atoms with Gasteiger partial charge in [-0.25, -0.2) is 4.79 Å². The summed E-state index contributed by atoms with van der Waals surface area (Å²) in [6.45, 7) is 2.04. The zero-order valence-corrected chi connectivity index (χ0v) is 7.65. The van der Waals surface area contributed by atoms with Crippen LogP contribution in [-0.2, 0) is 6.42 Å². The van der Waals surface area contributed by atoms with E-state index in [1.54, 1.807) is 0 Å². The zero-order chi connectivity index (χ0) is 9.14. The van der Waals surface area contributed by atoms with E-state index in [0.29, 0.717) is 10.6 Å². The van der Waals surface area contributed by atoms with E-state index in [9.17, 15) is 4.79 Å². The normalized spacial score (nSPS) is 10.1. The molecule has 1 aromatic rings. The summed E-state index contributed by atoms with van der Waals surface area (Å²) in [5.41, 5.74) is 6.22. The quantitative estimate of drug-likeness (QED) is 0.756. The molecule has 66 valence electrons. The van der Waals surface area contributed by atoms with Gasteiger partial charge in [0.1, 0.15) is 4.88 Å². The number of thiophene rings is 1. The Morgan fingerprint density at radius 2 is 2.42 bits per heavy atom. The van der Waals surface area contributed by atoms with Gasteiger partial charge in [-0.3, -0.25) is 0 Å². The van der Waals surface area contributed by atoms with E-state index in [1.165, 1.54) is 17.4 Å². The molecule has 0 saturated heterocycles. The van der Waals surface area contributed by atoms with Crippen LogP contribution in [0.5, 0.6) is 0 Å². The number of nitrogens with two attached hydrogens (primary N) is 1. The summed E-state index contributed by atoms with van der Waals surface area (Å²) in [5, 5.41) is 8.65. The van der Waals surface area contributed by atoms with Crippen molar-refractivity contribution in [1.82, 2.24) is 0 Å². The lowest BCUT2D eigenvalue weighted by molar-refractivity contribution is 0.0702. The van der Waals surface area contributed by atoms with Crippen molar-refractivity contribution in [3.63, 3.8) is 0 Å². The predicted molar refractivity (Wildman–Crippen MR) is 49.7 cm³/mol. The second-order valence-electron chi connectivity index (χ2n) is 2.54. The smallest absolute Gasteiger partial charge is 0.345 e. The Bertz CT molecular complexity index is 293. The molecule has 3 nitrogen and oxygen atoms in total. The van der Waals surface area contributed by atoms with Crippen molar-refractivity contribution in [3.8, 4) is 0 Å². The van der Waals surface area contributed by atoms with Gasteiger partial charge in [0.15, 0.2) is 0 Å². The number of carboxylic acids is 1. The van der Waals surface area contributed by atoms with Gasteiger partial charge in [0.05, 0.1) is 0 Å². The summed E-state index contributed by atoms with van der Waals surface area (Å²) in [6, 6.07) is 1.53. The molecular weight excluding hydrogens is 174 g/mol. The molecule has 3 N–H and O–H groups in total. The van der Waals surface area contributed by atoms with Gasteiger partial charge in [-0.05, 0) is 12.5 Å². The molecule has 1 aromatic heterocycles. The number of hydrogen-bond acceptors (Lipinski definition) is 3. The zero-order valence-electron chi connectivity index (χ0n) is 6.83. The Labute approximate surface area is 74.8 Å². The first kappa shape index (κ1) is 9.06. The first-order valence-corrected chi connectivity index (χ1v) is 4.58. The Balaban J connectivity index is 2.92. The number of aryl methyl sites for hydroxylation is 1. The molecule has 4 heteroatoms. The monoisotopic (exact) mass is 185 g/mol. The summed E-state index contributed by atoms with van der Waals surface area (Å²) in [5.74, 6) is -0.894. The van der Waals surface area contributed by atoms with E-state index in [2.05, 4.69) is 0 Å². The second-order valence-corrected chi connectivity index (χ2v) is 3.68. The van der Waals surface area contributed by atoms with E-state index in [-0.39, 0.29) is 0 Å². The molecule has 0 aliphatic heterocycles. The van der Waals surface area contributed by atoms with Crippen LogP contribution < -0.4 is 5.73 Å². The lowest BCUT2D eigenvalue weighted by Crippen LogP contribution is -1.90. The molecule has 0 radical (unpaired) electrons.